The van der Waals surface area contributed by atoms with Crippen LogP contribution in [0.4, 0.5) is 0 Å². The topological polar surface area (TPSA) is 80.5 Å². The average Bonchev–Trinajstić information content (AvgIpc) is 2.70. The predicted octanol–water partition coefficient (Wildman–Crippen LogP) is 0.167. The molecule has 0 amide bonds. The molecule has 0 unspecified atom stereocenters. The van der Waals surface area contributed by atoms with Gasteiger partial charge in [0.2, 0.25) is 5.65 Å². The molecule has 1 aliphatic rings. The number of fused-ring (bicyclic) bond motifs is 1. The first-order valence-corrected chi connectivity index (χ1v) is 4.26. The van der Waals surface area contributed by atoms with Gasteiger partial charge in [-0.25, -0.2) is 4.98 Å². The molecule has 1 saturated carbocycles. The summed E-state index contributed by atoms with van der Waals surface area (Å²) in [7, 11) is 0. The molecule has 3 N–H and O–H groups in total. The molecule has 0 aliphatic heterocycles. The van der Waals surface area contributed by atoms with Gasteiger partial charge in [0.15, 0.2) is 0 Å². The molecule has 3 rings (SSSR count). The van der Waals surface area contributed by atoms with E-state index in [0.29, 0.717) is 17.6 Å². The molecule has 2 aromatic rings. The van der Waals surface area contributed by atoms with E-state index in [-0.39, 0.29) is 0 Å². The predicted molar refractivity (Wildman–Crippen MR) is 47.0 cm³/mol. The molecule has 2 atom stereocenters. The first kappa shape index (κ1) is 6.97. The monoisotopic (exact) mass is 175 g/mol. The highest BCUT2D eigenvalue weighted by Crippen LogP contribution is 2.38. The number of aromatic amines is 1. The highest BCUT2D eigenvalue weighted by molar-refractivity contribution is 5.69. The quantitative estimate of drug-likeness (QED) is 0.647. The van der Waals surface area contributed by atoms with E-state index in [4.69, 9.17) is 5.73 Å². The summed E-state index contributed by atoms with van der Waals surface area (Å²) in [5, 5.41) is 10.4. The van der Waals surface area contributed by atoms with Crippen LogP contribution in [0.25, 0.3) is 11.2 Å². The van der Waals surface area contributed by atoms with E-state index >= 15 is 0 Å². The average molecular weight is 175 g/mol. The Hall–Kier alpha value is -1.49. The Kier molecular flexibility index (Phi) is 1.21. The second kappa shape index (κ2) is 2.26. The number of nitrogens with zero attached hydrogens (tertiary/aromatic N) is 3. The number of hydrogen-bond donors (Lipinski definition) is 2. The summed E-state index contributed by atoms with van der Waals surface area (Å²) in [5.74, 6) is 0.480. The number of rotatable bonds is 1. The van der Waals surface area contributed by atoms with E-state index in [1.54, 1.807) is 0 Å². The first-order chi connectivity index (χ1) is 6.34. The zero-order valence-electron chi connectivity index (χ0n) is 6.94. The largest absolute Gasteiger partial charge is 0.327 e. The standard InChI is InChI=1S/C8H9N5/c9-6-2-5(6)4-1-7-8(10-3-4)12-13-11-7/h1,3,5-6H,2,9H2,(H,10,11,12,13)/t5-,6+/m0/s1. The summed E-state index contributed by atoms with van der Waals surface area (Å²) in [5.41, 5.74) is 8.40. The van der Waals surface area contributed by atoms with Crippen LogP contribution in [0.5, 0.6) is 0 Å². The maximum Gasteiger partial charge on any atom is 0.201 e. The molecule has 2 aromatic heterocycles. The highest BCUT2D eigenvalue weighted by Gasteiger charge is 2.35. The summed E-state index contributed by atoms with van der Waals surface area (Å²) in [6.45, 7) is 0. The molecule has 2 heterocycles. The van der Waals surface area contributed by atoms with Crippen LogP contribution in [0.1, 0.15) is 17.9 Å². The molecule has 1 fully saturated rings. The minimum Gasteiger partial charge on any atom is -0.327 e. The Labute approximate surface area is 74.3 Å². The molecule has 13 heavy (non-hydrogen) atoms. The number of H-pyrrole nitrogens is 1. The van der Waals surface area contributed by atoms with Gasteiger partial charge < -0.3 is 5.73 Å². The van der Waals surface area contributed by atoms with Crippen LogP contribution in [-0.4, -0.2) is 26.4 Å². The van der Waals surface area contributed by atoms with Crippen molar-refractivity contribution in [2.75, 3.05) is 0 Å². The smallest absolute Gasteiger partial charge is 0.201 e. The summed E-state index contributed by atoms with van der Waals surface area (Å²) < 4.78 is 0. The fraction of sp³-hybridized carbons (Fsp3) is 0.375. The Morgan fingerprint density at radius 1 is 1.46 bits per heavy atom. The third-order valence-electron chi connectivity index (χ3n) is 2.46. The molecule has 0 saturated heterocycles. The van der Waals surface area contributed by atoms with Crippen LogP contribution in [0.2, 0.25) is 0 Å². The van der Waals surface area contributed by atoms with Gasteiger partial charge in [0.05, 0.1) is 0 Å². The lowest BCUT2D eigenvalue weighted by atomic mass is 10.2. The van der Waals surface area contributed by atoms with E-state index in [2.05, 4.69) is 20.4 Å². The minimum absolute atomic E-state index is 0.311. The van der Waals surface area contributed by atoms with Gasteiger partial charge in [-0.3, -0.25) is 0 Å². The highest BCUT2D eigenvalue weighted by atomic mass is 15.3. The lowest BCUT2D eigenvalue weighted by Crippen LogP contribution is -2.01. The van der Waals surface area contributed by atoms with Crippen molar-refractivity contribution in [3.63, 3.8) is 0 Å². The molecule has 0 spiro atoms. The van der Waals surface area contributed by atoms with E-state index in [9.17, 15) is 0 Å². The number of hydrogen-bond acceptors (Lipinski definition) is 4. The van der Waals surface area contributed by atoms with Crippen LogP contribution < -0.4 is 5.73 Å². The van der Waals surface area contributed by atoms with Gasteiger partial charge in [0, 0.05) is 18.2 Å². The Morgan fingerprint density at radius 2 is 2.31 bits per heavy atom. The van der Waals surface area contributed by atoms with Gasteiger partial charge in [-0.15, -0.1) is 5.10 Å². The summed E-state index contributed by atoms with van der Waals surface area (Å²) >= 11 is 0. The molecule has 5 heteroatoms. The van der Waals surface area contributed by atoms with Crippen molar-refractivity contribution >= 4 is 11.2 Å². The third-order valence-corrected chi connectivity index (χ3v) is 2.46. The lowest BCUT2D eigenvalue weighted by molar-refractivity contribution is 0.954. The molecule has 66 valence electrons. The summed E-state index contributed by atoms with van der Waals surface area (Å²) in [6, 6.07) is 2.31. The maximum absolute atomic E-state index is 5.75. The molecule has 5 nitrogen and oxygen atoms in total. The molecular formula is C8H9N5. The van der Waals surface area contributed by atoms with Crippen molar-refractivity contribution in [2.45, 2.75) is 18.4 Å². The Morgan fingerprint density at radius 3 is 3.08 bits per heavy atom. The zero-order chi connectivity index (χ0) is 8.84. The van der Waals surface area contributed by atoms with Gasteiger partial charge in [-0.05, 0) is 18.1 Å². The minimum atomic E-state index is 0.311. The maximum atomic E-state index is 5.75. The van der Waals surface area contributed by atoms with Crippen molar-refractivity contribution < 1.29 is 0 Å². The SMILES string of the molecule is N[C@@H]1C[C@H]1c1cnc2n[nH]nc2c1. The molecule has 0 bridgehead atoms. The van der Waals surface area contributed by atoms with Crippen LogP contribution >= 0.6 is 0 Å². The normalized spacial score (nSPS) is 26.5. The van der Waals surface area contributed by atoms with Gasteiger partial charge in [-0.1, -0.05) is 0 Å². The lowest BCUT2D eigenvalue weighted by Gasteiger charge is -1.95. The van der Waals surface area contributed by atoms with Gasteiger partial charge in [0.25, 0.3) is 0 Å². The van der Waals surface area contributed by atoms with E-state index < -0.39 is 0 Å². The van der Waals surface area contributed by atoms with Gasteiger partial charge in [0.1, 0.15) is 5.52 Å². The number of nitrogens with one attached hydrogen (secondary N) is 1. The fourth-order valence-electron chi connectivity index (χ4n) is 1.56. The van der Waals surface area contributed by atoms with Gasteiger partial charge >= 0.3 is 0 Å². The number of nitrogens with two attached hydrogens (primary N) is 1. The Bertz CT molecular complexity index is 448. The van der Waals surface area contributed by atoms with E-state index in [1.807, 2.05) is 12.3 Å². The molecular weight excluding hydrogens is 166 g/mol. The van der Waals surface area contributed by atoms with Crippen molar-refractivity contribution in [3.8, 4) is 0 Å². The van der Waals surface area contributed by atoms with Crippen molar-refractivity contribution in [3.05, 3.63) is 17.8 Å². The van der Waals surface area contributed by atoms with Crippen molar-refractivity contribution in [1.29, 1.82) is 0 Å². The second-order valence-corrected chi connectivity index (χ2v) is 3.44. The second-order valence-electron chi connectivity index (χ2n) is 3.44. The van der Waals surface area contributed by atoms with E-state index in [1.165, 1.54) is 5.56 Å². The van der Waals surface area contributed by atoms with Gasteiger partial charge in [-0.2, -0.15) is 10.3 Å². The van der Waals surface area contributed by atoms with Crippen LogP contribution in [-0.2, 0) is 0 Å². The number of aromatic nitrogens is 4. The van der Waals surface area contributed by atoms with Crippen LogP contribution in [0, 0.1) is 0 Å². The number of pyridine rings is 1. The van der Waals surface area contributed by atoms with Crippen molar-refractivity contribution in [1.82, 2.24) is 20.4 Å². The molecule has 0 aromatic carbocycles. The molecule has 1 aliphatic carbocycles. The fourth-order valence-corrected chi connectivity index (χ4v) is 1.56. The summed E-state index contributed by atoms with van der Waals surface area (Å²) in [6.07, 6.45) is 2.90. The Balaban J connectivity index is 2.10. The first-order valence-electron chi connectivity index (χ1n) is 4.26. The third kappa shape index (κ3) is 1.01. The molecule has 0 radical (unpaired) electrons. The van der Waals surface area contributed by atoms with Crippen LogP contribution in [0.15, 0.2) is 12.3 Å². The summed E-state index contributed by atoms with van der Waals surface area (Å²) in [4.78, 5) is 4.18. The van der Waals surface area contributed by atoms with E-state index in [0.717, 1.165) is 11.9 Å². The zero-order valence-corrected chi connectivity index (χ0v) is 6.94. The van der Waals surface area contributed by atoms with Crippen molar-refractivity contribution in [2.24, 2.45) is 5.73 Å². The van der Waals surface area contributed by atoms with Crippen LogP contribution in [0.3, 0.4) is 0 Å².